The van der Waals surface area contributed by atoms with Crippen LogP contribution in [0.5, 0.6) is 0 Å². The smallest absolute Gasteiger partial charge is 0.407 e. The first-order valence-corrected chi connectivity index (χ1v) is 17.7. The first-order valence-electron chi connectivity index (χ1n) is 17.7. The van der Waals surface area contributed by atoms with Crippen LogP contribution in [0.1, 0.15) is 125 Å². The van der Waals surface area contributed by atoms with Gasteiger partial charge in [-0.1, -0.05) is 72.5 Å². The molecule has 3 N–H and O–H groups in total. The second kappa shape index (κ2) is 15.1. The van der Waals surface area contributed by atoms with Crippen molar-refractivity contribution in [2.24, 2.45) is 46.3 Å². The highest BCUT2D eigenvalue weighted by Crippen LogP contribution is 2.67. The van der Waals surface area contributed by atoms with Gasteiger partial charge in [0.25, 0.3) is 0 Å². The van der Waals surface area contributed by atoms with Crippen molar-refractivity contribution in [2.45, 2.75) is 131 Å². The van der Waals surface area contributed by atoms with Crippen LogP contribution in [-0.4, -0.2) is 44.9 Å². The van der Waals surface area contributed by atoms with Gasteiger partial charge in [-0.15, -0.1) is 0 Å². The van der Waals surface area contributed by atoms with Crippen LogP contribution in [-0.2, 0) is 4.74 Å². The molecule has 4 aliphatic carbocycles. The van der Waals surface area contributed by atoms with Crippen LogP contribution in [0.3, 0.4) is 0 Å². The van der Waals surface area contributed by atoms with Gasteiger partial charge in [-0.25, -0.2) is 4.79 Å². The molecular weight excluding hydrogens is 506 g/mol. The van der Waals surface area contributed by atoms with Gasteiger partial charge in [0, 0.05) is 19.5 Å². The summed E-state index contributed by atoms with van der Waals surface area (Å²) in [5.74, 6) is 5.18. The lowest BCUT2D eigenvalue weighted by atomic mass is 9.47. The van der Waals surface area contributed by atoms with E-state index in [-0.39, 0.29) is 12.2 Å². The van der Waals surface area contributed by atoms with Gasteiger partial charge < -0.3 is 20.7 Å². The zero-order chi connectivity index (χ0) is 29.5. The molecule has 3 fully saturated rings. The van der Waals surface area contributed by atoms with Crippen molar-refractivity contribution in [3.05, 3.63) is 11.6 Å². The van der Waals surface area contributed by atoms with Gasteiger partial charge >= 0.3 is 6.09 Å². The van der Waals surface area contributed by atoms with E-state index < -0.39 is 0 Å². The normalized spacial score (nSPS) is 35.3. The largest absolute Gasteiger partial charge is 0.446 e. The Hall–Kier alpha value is -1.07. The quantitative estimate of drug-likeness (QED) is 0.137. The number of hydrogen-bond donors (Lipinski definition) is 3. The summed E-state index contributed by atoms with van der Waals surface area (Å²) >= 11 is 0. The molecule has 0 aromatic rings. The van der Waals surface area contributed by atoms with Crippen LogP contribution in [0.4, 0.5) is 4.79 Å². The second-order valence-corrected chi connectivity index (χ2v) is 15.3. The minimum absolute atomic E-state index is 0.0277. The first kappa shape index (κ1) is 32.8. The van der Waals surface area contributed by atoms with E-state index in [0.717, 1.165) is 80.9 Å². The number of alkyl carbamates (subject to hydrolysis) is 1. The van der Waals surface area contributed by atoms with Gasteiger partial charge in [0.15, 0.2) is 0 Å². The van der Waals surface area contributed by atoms with E-state index in [9.17, 15) is 4.79 Å². The van der Waals surface area contributed by atoms with Crippen LogP contribution in [0.2, 0.25) is 0 Å². The Bertz CT molecular complexity index is 858. The fourth-order valence-corrected chi connectivity index (χ4v) is 9.96. The van der Waals surface area contributed by atoms with E-state index in [0.29, 0.717) is 17.4 Å². The SMILES string of the molecule is CCCNCCCNCCNC(=O)O[C@H]1CC[C@@]2(C)C(=CC[C@H]3[C@@H]4CC[C@H]([C@H](C)CCCC(C)C)[C@@]4(C)CC[C@@H]32)C1. The number of nitrogens with one attached hydrogen (secondary N) is 3. The Kier molecular flexibility index (Phi) is 12.1. The molecule has 0 unspecified atom stereocenters. The zero-order valence-electron chi connectivity index (χ0n) is 27.7. The molecule has 0 aromatic carbocycles. The molecule has 41 heavy (non-hydrogen) atoms. The Morgan fingerprint density at radius 2 is 1.71 bits per heavy atom. The average molecular weight is 572 g/mol. The summed E-state index contributed by atoms with van der Waals surface area (Å²) < 4.78 is 5.94. The van der Waals surface area contributed by atoms with Gasteiger partial charge in [-0.3, -0.25) is 0 Å². The molecular formula is C36H65N3O2. The molecule has 0 saturated heterocycles. The molecule has 0 heterocycles. The van der Waals surface area contributed by atoms with Crippen molar-refractivity contribution >= 4 is 6.09 Å². The second-order valence-electron chi connectivity index (χ2n) is 15.3. The van der Waals surface area contributed by atoms with E-state index in [1.54, 1.807) is 5.57 Å². The first-order chi connectivity index (χ1) is 19.7. The topological polar surface area (TPSA) is 62.4 Å². The molecule has 1 amide bonds. The molecule has 0 radical (unpaired) electrons. The molecule has 4 rings (SSSR count). The summed E-state index contributed by atoms with van der Waals surface area (Å²) in [4.78, 5) is 12.5. The highest BCUT2D eigenvalue weighted by Gasteiger charge is 2.59. The summed E-state index contributed by atoms with van der Waals surface area (Å²) in [5.41, 5.74) is 2.44. The third-order valence-electron chi connectivity index (χ3n) is 12.2. The van der Waals surface area contributed by atoms with Crippen LogP contribution in [0, 0.1) is 46.3 Å². The summed E-state index contributed by atoms with van der Waals surface area (Å²) in [6.07, 6.45) is 19.0. The van der Waals surface area contributed by atoms with Crippen LogP contribution in [0.25, 0.3) is 0 Å². The molecule has 8 atom stereocenters. The molecule has 0 spiro atoms. The molecule has 5 heteroatoms. The van der Waals surface area contributed by atoms with Crippen LogP contribution in [0.15, 0.2) is 11.6 Å². The highest BCUT2D eigenvalue weighted by atomic mass is 16.6. The maximum Gasteiger partial charge on any atom is 0.407 e. The fourth-order valence-electron chi connectivity index (χ4n) is 9.96. The van der Waals surface area contributed by atoms with Crippen molar-refractivity contribution < 1.29 is 9.53 Å². The zero-order valence-corrected chi connectivity index (χ0v) is 27.7. The maximum atomic E-state index is 12.5. The standard InChI is InChI=1S/C36H65N3O2/c1-7-20-37-21-9-22-38-23-24-39-34(40)41-29-16-18-35(5)28(25-29)12-13-30-32-15-14-31(27(4)11-8-10-26(2)3)36(32,6)19-17-33(30)35/h12,26-27,29-33,37-38H,7-11,13-25H2,1-6H3,(H,39,40)/t27-,29+,30+,31-,32+,33+,35+,36-/m1/s1. The summed E-state index contributed by atoms with van der Waals surface area (Å²) in [6.45, 7) is 19.3. The van der Waals surface area contributed by atoms with Crippen molar-refractivity contribution in [3.63, 3.8) is 0 Å². The molecule has 0 aliphatic heterocycles. The molecule has 0 aromatic heterocycles. The number of rotatable bonds is 15. The Balaban J connectivity index is 1.24. The number of allylic oxidation sites excluding steroid dienone is 1. The lowest BCUT2D eigenvalue weighted by Crippen LogP contribution is -2.51. The van der Waals surface area contributed by atoms with Gasteiger partial charge in [-0.05, 0) is 124 Å². The van der Waals surface area contributed by atoms with Gasteiger partial charge in [0.05, 0.1) is 0 Å². The molecule has 5 nitrogen and oxygen atoms in total. The van der Waals surface area contributed by atoms with E-state index in [1.807, 2.05) is 0 Å². The minimum Gasteiger partial charge on any atom is -0.446 e. The lowest BCUT2D eigenvalue weighted by Gasteiger charge is -2.58. The maximum absolute atomic E-state index is 12.5. The summed E-state index contributed by atoms with van der Waals surface area (Å²) in [7, 11) is 0. The van der Waals surface area contributed by atoms with E-state index in [2.05, 4.69) is 63.6 Å². The number of carbonyl (C=O) groups excluding carboxylic acids is 1. The van der Waals surface area contributed by atoms with Crippen LogP contribution < -0.4 is 16.0 Å². The number of carbonyl (C=O) groups is 1. The minimum atomic E-state index is -0.243. The van der Waals surface area contributed by atoms with Gasteiger partial charge in [0.1, 0.15) is 6.10 Å². The molecule has 0 bridgehead atoms. The fraction of sp³-hybridized carbons (Fsp3) is 0.917. The Morgan fingerprint density at radius 3 is 2.46 bits per heavy atom. The number of amides is 1. The van der Waals surface area contributed by atoms with Crippen molar-refractivity contribution in [3.8, 4) is 0 Å². The number of hydrogen-bond acceptors (Lipinski definition) is 4. The number of fused-ring (bicyclic) bond motifs is 5. The molecule has 4 aliphatic rings. The highest BCUT2D eigenvalue weighted by molar-refractivity contribution is 5.67. The number of ether oxygens (including phenoxy) is 1. The van der Waals surface area contributed by atoms with Crippen LogP contribution >= 0.6 is 0 Å². The van der Waals surface area contributed by atoms with E-state index in [1.165, 1.54) is 64.2 Å². The predicted octanol–water partition coefficient (Wildman–Crippen LogP) is 8.10. The third-order valence-corrected chi connectivity index (χ3v) is 12.2. The Morgan fingerprint density at radius 1 is 0.927 bits per heavy atom. The molecule has 3 saturated carbocycles. The summed E-state index contributed by atoms with van der Waals surface area (Å²) in [5, 5.41) is 9.80. The Labute approximate surface area is 253 Å². The average Bonchev–Trinajstić information content (AvgIpc) is 3.29. The third kappa shape index (κ3) is 7.91. The monoisotopic (exact) mass is 572 g/mol. The molecule has 236 valence electrons. The van der Waals surface area contributed by atoms with E-state index in [4.69, 9.17) is 4.74 Å². The van der Waals surface area contributed by atoms with Gasteiger partial charge in [-0.2, -0.15) is 0 Å². The van der Waals surface area contributed by atoms with Crippen molar-refractivity contribution in [1.29, 1.82) is 0 Å². The predicted molar refractivity (Wildman–Crippen MR) is 172 cm³/mol. The van der Waals surface area contributed by atoms with Gasteiger partial charge in [0.2, 0.25) is 0 Å². The summed E-state index contributed by atoms with van der Waals surface area (Å²) in [6, 6.07) is 0. The van der Waals surface area contributed by atoms with Crippen molar-refractivity contribution in [1.82, 2.24) is 16.0 Å². The van der Waals surface area contributed by atoms with E-state index >= 15 is 0 Å². The lowest BCUT2D eigenvalue weighted by molar-refractivity contribution is -0.0581. The van der Waals surface area contributed by atoms with Crippen molar-refractivity contribution in [2.75, 3.05) is 32.7 Å².